The molecule has 0 fully saturated rings. The van der Waals surface area contributed by atoms with E-state index in [0.29, 0.717) is 10.0 Å². The third kappa shape index (κ3) is 3.95. The summed E-state index contributed by atoms with van der Waals surface area (Å²) < 4.78 is 0. The van der Waals surface area contributed by atoms with Crippen LogP contribution in [-0.2, 0) is 6.42 Å². The van der Waals surface area contributed by atoms with E-state index in [0.717, 1.165) is 17.7 Å². The van der Waals surface area contributed by atoms with Crippen LogP contribution in [0.2, 0.25) is 5.02 Å². The highest BCUT2D eigenvalue weighted by Gasteiger charge is 2.08. The molecule has 2 aromatic rings. The Balaban J connectivity index is 2.04. The molecule has 0 saturated heterocycles. The van der Waals surface area contributed by atoms with E-state index in [1.54, 1.807) is 6.07 Å². The molecule has 0 amide bonds. The molecule has 4 heteroatoms. The fourth-order valence-electron chi connectivity index (χ4n) is 2.07. The summed E-state index contributed by atoms with van der Waals surface area (Å²) >= 11 is 11.2. The van der Waals surface area contributed by atoms with E-state index in [1.165, 1.54) is 5.56 Å². The maximum absolute atomic E-state index is 6.24. The molecule has 0 aliphatic rings. The molecule has 2 rings (SSSR count). The third-order valence-electron chi connectivity index (χ3n) is 3.04. The molecular formula is C16H17ClN2S. The third-order valence-corrected chi connectivity index (χ3v) is 3.59. The highest BCUT2D eigenvalue weighted by Crippen LogP contribution is 2.24. The van der Waals surface area contributed by atoms with Gasteiger partial charge in [-0.15, -0.1) is 0 Å². The van der Waals surface area contributed by atoms with E-state index in [9.17, 15) is 0 Å². The predicted molar refractivity (Wildman–Crippen MR) is 90.6 cm³/mol. The molecule has 0 aliphatic heterocycles. The van der Waals surface area contributed by atoms with Gasteiger partial charge >= 0.3 is 0 Å². The van der Waals surface area contributed by atoms with Crippen LogP contribution in [0.1, 0.15) is 18.1 Å². The van der Waals surface area contributed by atoms with Gasteiger partial charge in [-0.05, 0) is 37.1 Å². The average Bonchev–Trinajstić information content (AvgIpc) is 2.42. The van der Waals surface area contributed by atoms with Gasteiger partial charge in [0.05, 0.1) is 10.7 Å². The fraction of sp³-hybridized carbons (Fsp3) is 0.188. The van der Waals surface area contributed by atoms with Gasteiger partial charge in [0.2, 0.25) is 0 Å². The van der Waals surface area contributed by atoms with Crippen LogP contribution in [0.3, 0.4) is 0 Å². The van der Waals surface area contributed by atoms with Crippen LogP contribution in [0.5, 0.6) is 0 Å². The first-order chi connectivity index (χ1) is 9.56. The lowest BCUT2D eigenvalue weighted by Crippen LogP contribution is -2.18. The second-order valence-electron chi connectivity index (χ2n) is 4.79. The molecule has 1 unspecified atom stereocenters. The van der Waals surface area contributed by atoms with Crippen LogP contribution < -0.4 is 11.1 Å². The Morgan fingerprint density at radius 3 is 2.55 bits per heavy atom. The summed E-state index contributed by atoms with van der Waals surface area (Å²) in [5.74, 6) is 0. The molecule has 2 aromatic carbocycles. The summed E-state index contributed by atoms with van der Waals surface area (Å²) in [7, 11) is 0. The largest absolute Gasteiger partial charge is 0.389 e. The van der Waals surface area contributed by atoms with Crippen LogP contribution in [0.15, 0.2) is 48.5 Å². The number of hydrogen-bond acceptors (Lipinski definition) is 2. The second kappa shape index (κ2) is 6.73. The van der Waals surface area contributed by atoms with Gasteiger partial charge in [-0.25, -0.2) is 0 Å². The lowest BCUT2D eigenvalue weighted by atomic mass is 10.1. The number of nitrogens with two attached hydrogens (primary N) is 1. The average molecular weight is 305 g/mol. The van der Waals surface area contributed by atoms with Crippen molar-refractivity contribution in [1.29, 1.82) is 0 Å². The van der Waals surface area contributed by atoms with E-state index in [2.05, 4.69) is 24.4 Å². The van der Waals surface area contributed by atoms with Crippen molar-refractivity contribution in [2.45, 2.75) is 19.4 Å². The maximum atomic E-state index is 6.24. The van der Waals surface area contributed by atoms with Gasteiger partial charge in [0.25, 0.3) is 0 Å². The van der Waals surface area contributed by atoms with Gasteiger partial charge in [-0.1, -0.05) is 54.2 Å². The minimum absolute atomic E-state index is 0.283. The van der Waals surface area contributed by atoms with Gasteiger partial charge in [-0.2, -0.15) is 0 Å². The number of benzene rings is 2. The monoisotopic (exact) mass is 304 g/mol. The number of rotatable bonds is 5. The molecule has 0 radical (unpaired) electrons. The van der Waals surface area contributed by atoms with Gasteiger partial charge in [0.1, 0.15) is 4.99 Å². The van der Waals surface area contributed by atoms with Crippen LogP contribution in [0.4, 0.5) is 5.69 Å². The fourth-order valence-corrected chi connectivity index (χ4v) is 2.43. The Hall–Kier alpha value is -1.58. The molecule has 0 saturated carbocycles. The zero-order valence-corrected chi connectivity index (χ0v) is 12.8. The van der Waals surface area contributed by atoms with Crippen molar-refractivity contribution in [3.05, 3.63) is 64.7 Å². The molecule has 0 heterocycles. The first kappa shape index (κ1) is 14.8. The van der Waals surface area contributed by atoms with Crippen LogP contribution in [-0.4, -0.2) is 11.0 Å². The SMILES string of the molecule is CC(Cc1ccccc1)Nc1ccc(C(N)=S)cc1Cl. The van der Waals surface area contributed by atoms with Crippen molar-refractivity contribution in [2.75, 3.05) is 5.32 Å². The smallest absolute Gasteiger partial charge is 0.104 e. The number of nitrogens with one attached hydrogen (secondary N) is 1. The van der Waals surface area contributed by atoms with Gasteiger partial charge in [-0.3, -0.25) is 0 Å². The van der Waals surface area contributed by atoms with Crippen LogP contribution >= 0.6 is 23.8 Å². The molecule has 104 valence electrons. The van der Waals surface area contributed by atoms with Crippen molar-refractivity contribution in [3.8, 4) is 0 Å². The number of halogens is 1. The standard InChI is InChI=1S/C16H17ClN2S/c1-11(9-12-5-3-2-4-6-12)19-15-8-7-13(16(18)20)10-14(15)17/h2-8,10-11,19H,9H2,1H3,(H2,18,20). The molecule has 0 spiro atoms. The van der Waals surface area contributed by atoms with Crippen molar-refractivity contribution in [3.63, 3.8) is 0 Å². The van der Waals surface area contributed by atoms with Gasteiger partial charge < -0.3 is 11.1 Å². The Bertz CT molecular complexity index is 599. The lowest BCUT2D eigenvalue weighted by Gasteiger charge is -2.17. The Morgan fingerprint density at radius 1 is 1.25 bits per heavy atom. The Kier molecular flexibility index (Phi) is 4.99. The van der Waals surface area contributed by atoms with E-state index in [-0.39, 0.29) is 6.04 Å². The molecular weight excluding hydrogens is 288 g/mol. The summed E-state index contributed by atoms with van der Waals surface area (Å²) in [4.78, 5) is 0.357. The normalized spacial score (nSPS) is 11.9. The zero-order chi connectivity index (χ0) is 14.5. The summed E-state index contributed by atoms with van der Waals surface area (Å²) in [5.41, 5.74) is 8.57. The van der Waals surface area contributed by atoms with E-state index in [4.69, 9.17) is 29.6 Å². The van der Waals surface area contributed by atoms with Crippen molar-refractivity contribution in [1.82, 2.24) is 0 Å². The molecule has 0 aromatic heterocycles. The minimum atomic E-state index is 0.283. The minimum Gasteiger partial charge on any atom is -0.389 e. The summed E-state index contributed by atoms with van der Waals surface area (Å²) in [6.45, 7) is 2.13. The first-order valence-electron chi connectivity index (χ1n) is 6.46. The second-order valence-corrected chi connectivity index (χ2v) is 5.64. The van der Waals surface area contributed by atoms with Gasteiger partial charge in [0.15, 0.2) is 0 Å². The molecule has 0 aliphatic carbocycles. The lowest BCUT2D eigenvalue weighted by molar-refractivity contribution is 0.790. The molecule has 20 heavy (non-hydrogen) atoms. The quantitative estimate of drug-likeness (QED) is 0.820. The molecule has 1 atom stereocenters. The highest BCUT2D eigenvalue weighted by atomic mass is 35.5. The van der Waals surface area contributed by atoms with Gasteiger partial charge in [0, 0.05) is 11.6 Å². The Labute approximate surface area is 130 Å². The van der Waals surface area contributed by atoms with E-state index in [1.807, 2.05) is 30.3 Å². The van der Waals surface area contributed by atoms with Crippen molar-refractivity contribution in [2.24, 2.45) is 5.73 Å². The zero-order valence-electron chi connectivity index (χ0n) is 11.3. The molecule has 0 bridgehead atoms. The maximum Gasteiger partial charge on any atom is 0.104 e. The van der Waals surface area contributed by atoms with Crippen LogP contribution in [0, 0.1) is 0 Å². The highest BCUT2D eigenvalue weighted by molar-refractivity contribution is 7.80. The number of thiocarbonyl (C=S) groups is 1. The van der Waals surface area contributed by atoms with E-state index < -0.39 is 0 Å². The molecule has 2 nitrogen and oxygen atoms in total. The van der Waals surface area contributed by atoms with Crippen LogP contribution in [0.25, 0.3) is 0 Å². The summed E-state index contributed by atoms with van der Waals surface area (Å²) in [6, 6.07) is 16.2. The van der Waals surface area contributed by atoms with Crippen molar-refractivity contribution >= 4 is 34.5 Å². The first-order valence-corrected chi connectivity index (χ1v) is 7.24. The number of anilines is 1. The van der Waals surface area contributed by atoms with E-state index >= 15 is 0 Å². The van der Waals surface area contributed by atoms with Crippen molar-refractivity contribution < 1.29 is 0 Å². The summed E-state index contributed by atoms with van der Waals surface area (Å²) in [5, 5.41) is 4.04. The predicted octanol–water partition coefficient (Wildman–Crippen LogP) is 4.02. The molecule has 3 N–H and O–H groups in total. The Morgan fingerprint density at radius 2 is 1.95 bits per heavy atom. The summed E-state index contributed by atoms with van der Waals surface area (Å²) in [6.07, 6.45) is 0.939. The topological polar surface area (TPSA) is 38.0 Å². The number of hydrogen-bond donors (Lipinski definition) is 2.